The van der Waals surface area contributed by atoms with Crippen molar-refractivity contribution in [3.63, 3.8) is 0 Å². The average molecular weight is 727 g/mol. The van der Waals surface area contributed by atoms with Crippen molar-refractivity contribution in [1.82, 2.24) is 39.4 Å². The first kappa shape index (κ1) is 34.8. The number of benzene rings is 3. The molecule has 54 heavy (non-hydrogen) atoms. The number of anilines is 3. The second kappa shape index (κ2) is 14.0. The molecule has 1 saturated heterocycles. The van der Waals surface area contributed by atoms with Crippen LogP contribution in [0.5, 0.6) is 0 Å². The maximum atomic E-state index is 15.0. The molecule has 5 heterocycles. The normalized spacial score (nSPS) is 13.9. The van der Waals surface area contributed by atoms with E-state index in [1.54, 1.807) is 55.9 Å². The Kier molecular flexibility index (Phi) is 8.99. The fraction of sp³-hybridized carbons (Fsp3) is 0.250. The molecule has 1 aliphatic rings. The van der Waals surface area contributed by atoms with E-state index in [9.17, 15) is 14.7 Å². The van der Waals surface area contributed by atoms with Gasteiger partial charge in [-0.15, -0.1) is 0 Å². The van der Waals surface area contributed by atoms with Crippen molar-refractivity contribution in [2.45, 2.75) is 32.4 Å². The lowest BCUT2D eigenvalue weighted by molar-refractivity contribution is 0.0738. The van der Waals surface area contributed by atoms with Crippen LogP contribution in [-0.2, 0) is 25.6 Å². The highest BCUT2D eigenvalue weighted by Gasteiger charge is 2.22. The van der Waals surface area contributed by atoms with Gasteiger partial charge < -0.3 is 15.3 Å². The molecule has 3 aromatic carbocycles. The Balaban J connectivity index is 0.918. The number of halogens is 1. The minimum atomic E-state index is -1.16. The Bertz CT molecular complexity index is 2620. The number of nitrogens with one attached hydrogen (secondary N) is 2. The van der Waals surface area contributed by atoms with Gasteiger partial charge in [0.05, 0.1) is 16.8 Å². The lowest BCUT2D eigenvalue weighted by Gasteiger charge is -2.36. The van der Waals surface area contributed by atoms with Gasteiger partial charge in [-0.2, -0.15) is 10.1 Å². The maximum Gasteiger partial charge on any atom is 0.277 e. The summed E-state index contributed by atoms with van der Waals surface area (Å²) in [6.45, 7) is 6.93. The summed E-state index contributed by atoms with van der Waals surface area (Å²) in [5, 5.41) is 22.4. The van der Waals surface area contributed by atoms with Gasteiger partial charge in [0.1, 0.15) is 16.8 Å². The highest BCUT2D eigenvalue weighted by atomic mass is 19.1. The number of hydrogen-bond acceptors (Lipinski definition) is 10. The summed E-state index contributed by atoms with van der Waals surface area (Å²) in [5.41, 5.74) is 3.38. The summed E-state index contributed by atoms with van der Waals surface area (Å²) in [6.07, 6.45) is 1.98. The van der Waals surface area contributed by atoms with Crippen molar-refractivity contribution >= 4 is 39.1 Å². The number of H-pyrrole nitrogens is 1. The van der Waals surface area contributed by atoms with Crippen molar-refractivity contribution in [2.75, 3.05) is 36.4 Å². The molecule has 0 bridgehead atoms. The summed E-state index contributed by atoms with van der Waals surface area (Å²) in [4.78, 5) is 43.5. The standard InChI is InChI=1S/C40H39FN10O3/c1-40(2,54)34-9-6-10-35(44-34)51-36-31(38(53)48(51)3)23-42-39(45-36)43-27-12-14-28(15-13-27)50-19-17-49(18-20-50)24-26-21-25(11-16-32(26)41)22-33-29-7-4-5-8-30(29)37(52)47-46-33/h4-16,21,23,54H,17-20,22,24H2,1-3H3,(H,47,52)(H,42,43,45). The topological polar surface area (TPSA) is 150 Å². The van der Waals surface area contributed by atoms with Gasteiger partial charge >= 0.3 is 0 Å². The quantitative estimate of drug-likeness (QED) is 0.190. The number of hydrogen-bond donors (Lipinski definition) is 3. The van der Waals surface area contributed by atoms with Crippen LogP contribution < -0.4 is 21.3 Å². The van der Waals surface area contributed by atoms with Crippen molar-refractivity contribution in [3.05, 3.63) is 140 Å². The molecule has 8 rings (SSSR count). The number of nitrogens with zero attached hydrogens (tertiary/aromatic N) is 8. The number of aromatic amines is 1. The smallest absolute Gasteiger partial charge is 0.277 e. The Morgan fingerprint density at radius 1 is 0.889 bits per heavy atom. The van der Waals surface area contributed by atoms with Gasteiger partial charge in [0.15, 0.2) is 11.5 Å². The van der Waals surface area contributed by atoms with E-state index in [0.29, 0.717) is 52.4 Å². The highest BCUT2D eigenvalue weighted by Crippen LogP contribution is 2.25. The predicted molar refractivity (Wildman–Crippen MR) is 206 cm³/mol. The first-order valence-corrected chi connectivity index (χ1v) is 17.7. The molecule has 14 heteroatoms. The Morgan fingerprint density at radius 2 is 1.65 bits per heavy atom. The summed E-state index contributed by atoms with van der Waals surface area (Å²) >= 11 is 0. The molecule has 1 fully saturated rings. The van der Waals surface area contributed by atoms with E-state index < -0.39 is 5.60 Å². The highest BCUT2D eigenvalue weighted by molar-refractivity contribution is 5.83. The van der Waals surface area contributed by atoms with Crippen LogP contribution in [0.3, 0.4) is 0 Å². The van der Waals surface area contributed by atoms with Crippen molar-refractivity contribution < 1.29 is 9.50 Å². The average Bonchev–Trinajstić information content (AvgIpc) is 3.42. The lowest BCUT2D eigenvalue weighted by atomic mass is 10.0. The molecule has 13 nitrogen and oxygen atoms in total. The van der Waals surface area contributed by atoms with E-state index >= 15 is 4.39 Å². The molecule has 0 amide bonds. The third-order valence-corrected chi connectivity index (χ3v) is 9.88. The zero-order chi connectivity index (χ0) is 37.6. The van der Waals surface area contributed by atoms with Gasteiger partial charge in [-0.05, 0) is 67.9 Å². The first-order chi connectivity index (χ1) is 26.0. The molecule has 4 aromatic heterocycles. The maximum absolute atomic E-state index is 15.0. The monoisotopic (exact) mass is 726 g/mol. The lowest BCUT2D eigenvalue weighted by Crippen LogP contribution is -2.46. The van der Waals surface area contributed by atoms with E-state index in [1.165, 1.54) is 16.9 Å². The minimum absolute atomic E-state index is 0.226. The second-order valence-corrected chi connectivity index (χ2v) is 14.1. The van der Waals surface area contributed by atoms with Gasteiger partial charge in [-0.25, -0.2) is 28.8 Å². The van der Waals surface area contributed by atoms with E-state index in [2.05, 4.69) is 40.3 Å². The zero-order valence-corrected chi connectivity index (χ0v) is 30.1. The molecule has 0 atom stereocenters. The molecule has 0 saturated carbocycles. The van der Waals surface area contributed by atoms with Crippen LogP contribution in [0.4, 0.5) is 21.7 Å². The number of pyridine rings is 1. The molecule has 0 aliphatic carbocycles. The molecule has 0 spiro atoms. The number of aliphatic hydroxyl groups is 1. The second-order valence-electron chi connectivity index (χ2n) is 14.1. The Morgan fingerprint density at radius 3 is 2.41 bits per heavy atom. The van der Waals surface area contributed by atoms with Crippen LogP contribution >= 0.6 is 0 Å². The fourth-order valence-corrected chi connectivity index (χ4v) is 6.95. The van der Waals surface area contributed by atoms with Gasteiger partial charge in [0.25, 0.3) is 11.1 Å². The van der Waals surface area contributed by atoms with E-state index in [4.69, 9.17) is 0 Å². The molecule has 0 radical (unpaired) electrons. The molecular weight excluding hydrogens is 688 g/mol. The van der Waals surface area contributed by atoms with Crippen LogP contribution in [0.25, 0.3) is 27.6 Å². The third kappa shape index (κ3) is 6.84. The Labute approximate surface area is 309 Å². The molecule has 3 N–H and O–H groups in total. The van der Waals surface area contributed by atoms with E-state index in [-0.39, 0.29) is 16.9 Å². The van der Waals surface area contributed by atoms with Gasteiger partial charge in [0.2, 0.25) is 5.95 Å². The molecule has 7 aromatic rings. The number of aromatic nitrogens is 7. The Hall–Kier alpha value is -6.25. The van der Waals surface area contributed by atoms with Crippen LogP contribution in [0.1, 0.15) is 36.4 Å². The fourth-order valence-electron chi connectivity index (χ4n) is 6.95. The van der Waals surface area contributed by atoms with Crippen LogP contribution in [0.2, 0.25) is 0 Å². The molecule has 0 unspecified atom stereocenters. The van der Waals surface area contributed by atoms with Gasteiger partial charge in [0, 0.05) is 74.7 Å². The summed E-state index contributed by atoms with van der Waals surface area (Å²) < 4.78 is 18.1. The van der Waals surface area contributed by atoms with Crippen LogP contribution in [0, 0.1) is 5.82 Å². The summed E-state index contributed by atoms with van der Waals surface area (Å²) in [5.74, 6) is 0.534. The van der Waals surface area contributed by atoms with Gasteiger partial charge in [-0.3, -0.25) is 14.5 Å². The van der Waals surface area contributed by atoms with E-state index in [0.717, 1.165) is 54.2 Å². The summed E-state index contributed by atoms with van der Waals surface area (Å²) in [7, 11) is 1.64. The zero-order valence-electron chi connectivity index (χ0n) is 30.1. The van der Waals surface area contributed by atoms with Crippen LogP contribution in [0.15, 0.2) is 101 Å². The first-order valence-electron chi connectivity index (χ1n) is 17.7. The SMILES string of the molecule is Cn1c(=O)c2cnc(Nc3ccc(N4CCN(Cc5cc(Cc6n[nH]c(=O)c7ccccc67)ccc5F)CC4)cc3)nc2n1-c1cccc(C(C)(C)O)n1. The van der Waals surface area contributed by atoms with E-state index in [1.807, 2.05) is 48.5 Å². The van der Waals surface area contributed by atoms with Crippen molar-refractivity contribution in [2.24, 2.45) is 7.05 Å². The molecule has 1 aliphatic heterocycles. The van der Waals surface area contributed by atoms with Crippen LogP contribution in [-0.4, -0.2) is 70.7 Å². The number of fused-ring (bicyclic) bond motifs is 2. The third-order valence-electron chi connectivity index (χ3n) is 9.88. The molecular formula is C40H39FN10O3. The predicted octanol–water partition coefficient (Wildman–Crippen LogP) is 4.77. The van der Waals surface area contributed by atoms with Crippen molar-refractivity contribution in [1.29, 1.82) is 0 Å². The molecule has 274 valence electrons. The largest absolute Gasteiger partial charge is 0.384 e. The van der Waals surface area contributed by atoms with Gasteiger partial charge in [-0.1, -0.05) is 36.4 Å². The minimum Gasteiger partial charge on any atom is -0.384 e. The number of rotatable bonds is 9. The summed E-state index contributed by atoms with van der Waals surface area (Å²) in [6, 6.07) is 25.9. The number of piperazine rings is 1. The van der Waals surface area contributed by atoms with Crippen molar-refractivity contribution in [3.8, 4) is 5.82 Å².